The van der Waals surface area contributed by atoms with Gasteiger partial charge in [-0.05, 0) is 43.9 Å². The van der Waals surface area contributed by atoms with Crippen LogP contribution in [0.1, 0.15) is 38.2 Å². The van der Waals surface area contributed by atoms with E-state index >= 15 is 0 Å². The summed E-state index contributed by atoms with van der Waals surface area (Å²) in [7, 11) is 1.84. The zero-order valence-electron chi connectivity index (χ0n) is 15.6. The molecule has 1 N–H and O–H groups in total. The summed E-state index contributed by atoms with van der Waals surface area (Å²) in [5.41, 5.74) is 2.34. The Morgan fingerprint density at radius 2 is 1.81 bits per heavy atom. The maximum atomic E-state index is 12.3. The lowest BCUT2D eigenvalue weighted by atomic mass is 10.1. The van der Waals surface area contributed by atoms with E-state index in [1.54, 1.807) is 0 Å². The lowest BCUT2D eigenvalue weighted by Crippen LogP contribution is -2.38. The molecular weight excluding hydrogens is 341 g/mol. The fourth-order valence-electron chi connectivity index (χ4n) is 3.07. The maximum Gasteiger partial charge on any atom is 0.390 e. The van der Waals surface area contributed by atoms with Gasteiger partial charge in [0, 0.05) is 38.9 Å². The zero-order valence-corrected chi connectivity index (χ0v) is 15.6. The molecule has 1 aromatic rings. The minimum atomic E-state index is -4.18. The highest BCUT2D eigenvalue weighted by Gasteiger charge is 2.26. The van der Waals surface area contributed by atoms with Gasteiger partial charge >= 0.3 is 6.18 Å². The third-order valence-electron chi connectivity index (χ3n) is 4.43. The molecule has 1 fully saturated rings. The van der Waals surface area contributed by atoms with Crippen molar-refractivity contribution in [3.8, 4) is 0 Å². The Hall–Kier alpha value is -1.92. The van der Waals surface area contributed by atoms with E-state index in [2.05, 4.69) is 39.5 Å². The predicted molar refractivity (Wildman–Crippen MR) is 101 cm³/mol. The molecular formula is C19H29F3N4. The minimum Gasteiger partial charge on any atom is -0.372 e. The molecule has 26 heavy (non-hydrogen) atoms. The van der Waals surface area contributed by atoms with Gasteiger partial charge < -0.3 is 15.1 Å². The van der Waals surface area contributed by atoms with Crippen LogP contribution in [0.25, 0.3) is 0 Å². The van der Waals surface area contributed by atoms with Crippen LogP contribution in [0.3, 0.4) is 0 Å². The van der Waals surface area contributed by atoms with Gasteiger partial charge in [-0.25, -0.2) is 0 Å². The van der Waals surface area contributed by atoms with Crippen molar-refractivity contribution in [2.75, 3.05) is 38.1 Å². The van der Waals surface area contributed by atoms with Gasteiger partial charge in [-0.2, -0.15) is 13.2 Å². The average Bonchev–Trinajstić information content (AvgIpc) is 2.61. The van der Waals surface area contributed by atoms with Crippen molar-refractivity contribution < 1.29 is 13.2 Å². The molecule has 146 valence electrons. The second-order valence-electron chi connectivity index (χ2n) is 6.67. The second-order valence-corrected chi connectivity index (χ2v) is 6.67. The van der Waals surface area contributed by atoms with Crippen molar-refractivity contribution in [2.45, 2.75) is 45.3 Å². The molecule has 7 heteroatoms. The Kier molecular flexibility index (Phi) is 7.60. The molecule has 0 bridgehead atoms. The van der Waals surface area contributed by atoms with E-state index in [0.29, 0.717) is 19.0 Å². The van der Waals surface area contributed by atoms with Gasteiger partial charge in [-0.15, -0.1) is 0 Å². The number of hydrogen-bond donors (Lipinski definition) is 1. The molecule has 0 saturated carbocycles. The molecule has 1 aromatic carbocycles. The van der Waals surface area contributed by atoms with Crippen LogP contribution in [0, 0.1) is 0 Å². The molecule has 0 amide bonds. The van der Waals surface area contributed by atoms with Gasteiger partial charge in [0.15, 0.2) is 5.96 Å². The Morgan fingerprint density at radius 1 is 1.15 bits per heavy atom. The van der Waals surface area contributed by atoms with Crippen molar-refractivity contribution in [1.29, 1.82) is 0 Å². The number of piperidine rings is 1. The topological polar surface area (TPSA) is 30.9 Å². The number of nitrogens with zero attached hydrogens (tertiary/aromatic N) is 3. The zero-order chi connectivity index (χ0) is 19.0. The van der Waals surface area contributed by atoms with E-state index in [4.69, 9.17) is 0 Å². The summed E-state index contributed by atoms with van der Waals surface area (Å²) in [5.74, 6) is 0.497. The highest BCUT2D eigenvalue weighted by atomic mass is 19.4. The number of halogens is 3. The van der Waals surface area contributed by atoms with Gasteiger partial charge in [0.05, 0.1) is 13.0 Å². The quantitative estimate of drug-likeness (QED) is 0.606. The minimum absolute atomic E-state index is 0.260. The largest absolute Gasteiger partial charge is 0.390 e. The first kappa shape index (κ1) is 20.4. The molecule has 4 nitrogen and oxygen atoms in total. The number of guanidine groups is 1. The van der Waals surface area contributed by atoms with E-state index in [0.717, 1.165) is 18.7 Å². The van der Waals surface area contributed by atoms with Crippen LogP contribution in [-0.4, -0.2) is 50.3 Å². The summed E-state index contributed by atoms with van der Waals surface area (Å²) < 4.78 is 37.0. The molecule has 0 radical (unpaired) electrons. The van der Waals surface area contributed by atoms with Crippen LogP contribution in [0.4, 0.5) is 18.9 Å². The first-order chi connectivity index (χ1) is 12.4. The third kappa shape index (κ3) is 6.77. The first-order valence-corrected chi connectivity index (χ1v) is 9.29. The summed E-state index contributed by atoms with van der Waals surface area (Å²) in [6, 6.07) is 8.42. The Morgan fingerprint density at radius 3 is 2.38 bits per heavy atom. The van der Waals surface area contributed by atoms with Crippen LogP contribution >= 0.6 is 0 Å². The molecule has 1 heterocycles. The summed E-state index contributed by atoms with van der Waals surface area (Å²) in [6.07, 6.45) is -1.29. The molecule has 0 aromatic heterocycles. The lowest BCUT2D eigenvalue weighted by Gasteiger charge is -2.29. The van der Waals surface area contributed by atoms with Crippen LogP contribution in [-0.2, 0) is 6.54 Å². The van der Waals surface area contributed by atoms with Crippen molar-refractivity contribution in [1.82, 2.24) is 10.2 Å². The fraction of sp³-hybridized carbons (Fsp3) is 0.632. The van der Waals surface area contributed by atoms with Crippen molar-refractivity contribution in [2.24, 2.45) is 4.99 Å². The summed E-state index contributed by atoms with van der Waals surface area (Å²) in [5, 5.41) is 3.05. The molecule has 0 spiro atoms. The van der Waals surface area contributed by atoms with E-state index < -0.39 is 12.6 Å². The second kappa shape index (κ2) is 9.69. The predicted octanol–water partition coefficient (Wildman–Crippen LogP) is 4.03. The summed E-state index contributed by atoms with van der Waals surface area (Å²) in [6.45, 7) is 5.07. The number of anilines is 1. The number of benzene rings is 1. The number of hydrogen-bond acceptors (Lipinski definition) is 2. The van der Waals surface area contributed by atoms with Crippen LogP contribution in [0.15, 0.2) is 29.3 Å². The van der Waals surface area contributed by atoms with Crippen molar-refractivity contribution >= 4 is 11.6 Å². The maximum absolute atomic E-state index is 12.3. The van der Waals surface area contributed by atoms with E-state index in [-0.39, 0.29) is 6.54 Å². The van der Waals surface area contributed by atoms with E-state index in [9.17, 15) is 13.2 Å². The number of rotatable bonds is 6. The SMILES string of the molecule is CCNC(=NCCC(F)(F)F)N(C)Cc1ccc(N2CCCCC2)cc1. The normalized spacial score (nSPS) is 15.9. The Labute approximate surface area is 154 Å². The van der Waals surface area contributed by atoms with E-state index in [1.165, 1.54) is 24.9 Å². The van der Waals surface area contributed by atoms with Gasteiger partial charge in [0.25, 0.3) is 0 Å². The monoisotopic (exact) mass is 370 g/mol. The third-order valence-corrected chi connectivity index (χ3v) is 4.43. The Balaban J connectivity index is 1.94. The van der Waals surface area contributed by atoms with Gasteiger partial charge in [0.2, 0.25) is 0 Å². The molecule has 1 aliphatic heterocycles. The number of alkyl halides is 3. The highest BCUT2D eigenvalue weighted by molar-refractivity contribution is 5.79. The molecule has 2 rings (SSSR count). The standard InChI is InChI=1S/C19H29F3N4/c1-3-23-18(24-12-11-19(20,21)22)25(2)15-16-7-9-17(10-8-16)26-13-5-4-6-14-26/h7-10H,3-6,11-15H2,1-2H3,(H,23,24). The van der Waals surface area contributed by atoms with Crippen LogP contribution in [0.5, 0.6) is 0 Å². The smallest absolute Gasteiger partial charge is 0.372 e. The first-order valence-electron chi connectivity index (χ1n) is 9.29. The molecule has 1 saturated heterocycles. The fourth-order valence-corrected chi connectivity index (χ4v) is 3.07. The molecule has 0 unspecified atom stereocenters. The average molecular weight is 370 g/mol. The molecule has 0 aliphatic carbocycles. The highest BCUT2D eigenvalue weighted by Crippen LogP contribution is 2.21. The number of nitrogens with one attached hydrogen (secondary N) is 1. The van der Waals surface area contributed by atoms with Crippen LogP contribution in [0.2, 0.25) is 0 Å². The molecule has 0 atom stereocenters. The van der Waals surface area contributed by atoms with Crippen LogP contribution < -0.4 is 10.2 Å². The van der Waals surface area contributed by atoms with Crippen molar-refractivity contribution in [3.63, 3.8) is 0 Å². The van der Waals surface area contributed by atoms with Gasteiger partial charge in [-0.3, -0.25) is 4.99 Å². The van der Waals surface area contributed by atoms with Gasteiger partial charge in [-0.1, -0.05) is 12.1 Å². The summed E-state index contributed by atoms with van der Waals surface area (Å²) in [4.78, 5) is 8.35. The Bertz CT molecular complexity index is 563. The number of aliphatic imine (C=N–C) groups is 1. The van der Waals surface area contributed by atoms with Crippen molar-refractivity contribution in [3.05, 3.63) is 29.8 Å². The van der Waals surface area contributed by atoms with Gasteiger partial charge in [0.1, 0.15) is 0 Å². The lowest BCUT2D eigenvalue weighted by molar-refractivity contribution is -0.132. The van der Waals surface area contributed by atoms with E-state index in [1.807, 2.05) is 18.9 Å². The molecule has 1 aliphatic rings. The summed E-state index contributed by atoms with van der Waals surface area (Å²) >= 11 is 0.